The molecule has 0 aliphatic heterocycles. The van der Waals surface area contributed by atoms with Crippen LogP contribution in [0, 0.1) is 12.8 Å². The largest absolute Gasteiger partial charge is 0.573 e. The van der Waals surface area contributed by atoms with Gasteiger partial charge in [-0.2, -0.15) is 0 Å². The van der Waals surface area contributed by atoms with Gasteiger partial charge in [0.05, 0.1) is 6.61 Å². The first-order valence-electron chi connectivity index (χ1n) is 7.46. The van der Waals surface area contributed by atoms with Crippen molar-refractivity contribution in [2.45, 2.75) is 51.3 Å². The zero-order valence-electron chi connectivity index (χ0n) is 12.0. The van der Waals surface area contributed by atoms with Crippen LogP contribution in [-0.4, -0.2) is 13.0 Å². The van der Waals surface area contributed by atoms with Gasteiger partial charge in [-0.3, -0.25) is 0 Å². The maximum atomic E-state index is 12.7. The molecule has 0 atom stereocenters. The summed E-state index contributed by atoms with van der Waals surface area (Å²) in [5.41, 5.74) is 1.52. The second kappa shape index (κ2) is 5.43. The Bertz CT molecular complexity index is 517. The number of rotatable bonds is 5. The van der Waals surface area contributed by atoms with E-state index < -0.39 is 6.36 Å². The van der Waals surface area contributed by atoms with E-state index >= 15 is 0 Å². The molecule has 2 aliphatic carbocycles. The van der Waals surface area contributed by atoms with E-state index in [4.69, 9.17) is 4.74 Å². The van der Waals surface area contributed by atoms with Crippen LogP contribution in [0.25, 0.3) is 0 Å². The first-order valence-corrected chi connectivity index (χ1v) is 7.46. The van der Waals surface area contributed by atoms with E-state index in [2.05, 4.69) is 4.74 Å². The molecule has 2 aliphatic rings. The molecule has 0 unspecified atom stereocenters. The van der Waals surface area contributed by atoms with Crippen LogP contribution in [0.4, 0.5) is 13.2 Å². The Morgan fingerprint density at radius 1 is 1.14 bits per heavy atom. The van der Waals surface area contributed by atoms with Crippen molar-refractivity contribution < 1.29 is 22.6 Å². The van der Waals surface area contributed by atoms with Crippen molar-refractivity contribution in [3.05, 3.63) is 23.3 Å². The predicted octanol–water partition coefficient (Wildman–Crippen LogP) is 4.95. The van der Waals surface area contributed by atoms with Crippen molar-refractivity contribution in [2.24, 2.45) is 5.92 Å². The molecule has 1 aromatic carbocycles. The molecule has 0 aromatic heterocycles. The quantitative estimate of drug-likeness (QED) is 0.766. The third-order valence-corrected chi connectivity index (χ3v) is 4.35. The number of alkyl halides is 3. The van der Waals surface area contributed by atoms with Crippen molar-refractivity contribution in [2.75, 3.05) is 6.61 Å². The lowest BCUT2D eigenvalue weighted by molar-refractivity contribution is -0.275. The van der Waals surface area contributed by atoms with Crippen LogP contribution in [-0.2, 0) is 0 Å². The highest BCUT2D eigenvalue weighted by atomic mass is 19.4. The summed E-state index contributed by atoms with van der Waals surface area (Å²) in [6.45, 7) is 2.16. The fourth-order valence-corrected chi connectivity index (χ4v) is 2.69. The zero-order valence-corrected chi connectivity index (χ0v) is 12.0. The van der Waals surface area contributed by atoms with E-state index in [1.165, 1.54) is 0 Å². The summed E-state index contributed by atoms with van der Waals surface area (Å²) in [6, 6.07) is 3.52. The SMILES string of the molecule is Cc1c(C2CCC2)ccc(OCC2CC2)c1OC(F)(F)F. The van der Waals surface area contributed by atoms with Crippen LogP contribution in [0.5, 0.6) is 11.5 Å². The molecule has 2 fully saturated rings. The molecule has 0 radical (unpaired) electrons. The van der Waals surface area contributed by atoms with E-state index in [1.807, 2.05) is 6.07 Å². The normalized spacial score (nSPS) is 19.2. The summed E-state index contributed by atoms with van der Waals surface area (Å²) in [6.07, 6.45) is 0.701. The minimum absolute atomic E-state index is 0.160. The van der Waals surface area contributed by atoms with Crippen LogP contribution in [0.15, 0.2) is 12.1 Å². The van der Waals surface area contributed by atoms with Crippen LogP contribution >= 0.6 is 0 Å². The number of ether oxygens (including phenoxy) is 2. The first-order chi connectivity index (χ1) is 9.94. The van der Waals surface area contributed by atoms with Crippen molar-refractivity contribution in [1.29, 1.82) is 0 Å². The summed E-state index contributed by atoms with van der Waals surface area (Å²) >= 11 is 0. The van der Waals surface area contributed by atoms with Gasteiger partial charge < -0.3 is 9.47 Å². The summed E-state index contributed by atoms with van der Waals surface area (Å²) in [5, 5.41) is 0. The fourth-order valence-electron chi connectivity index (χ4n) is 2.69. The third-order valence-electron chi connectivity index (χ3n) is 4.35. The van der Waals surface area contributed by atoms with Crippen LogP contribution in [0.3, 0.4) is 0 Å². The van der Waals surface area contributed by atoms with Gasteiger partial charge >= 0.3 is 6.36 Å². The standard InChI is InChI=1S/C16H19F3O2/c1-10-13(12-3-2-4-12)7-8-14(20-9-11-5-6-11)15(10)21-16(17,18)19/h7-8,11-12H,2-6,9H2,1H3. The van der Waals surface area contributed by atoms with Crippen LogP contribution < -0.4 is 9.47 Å². The Kier molecular flexibility index (Phi) is 3.76. The van der Waals surface area contributed by atoms with E-state index in [0.29, 0.717) is 24.0 Å². The Hall–Kier alpha value is -1.39. The molecule has 5 heteroatoms. The molecule has 0 N–H and O–H groups in total. The molecule has 0 heterocycles. The summed E-state index contributed by atoms with van der Waals surface area (Å²) in [4.78, 5) is 0. The predicted molar refractivity (Wildman–Crippen MR) is 72.7 cm³/mol. The van der Waals surface area contributed by atoms with Gasteiger partial charge in [0, 0.05) is 0 Å². The Morgan fingerprint density at radius 2 is 1.86 bits per heavy atom. The summed E-state index contributed by atoms with van der Waals surface area (Å²) in [5.74, 6) is 0.890. The number of hydrogen-bond acceptors (Lipinski definition) is 2. The number of halogens is 3. The summed E-state index contributed by atoms with van der Waals surface area (Å²) in [7, 11) is 0. The van der Waals surface area contributed by atoms with E-state index in [0.717, 1.165) is 37.7 Å². The molecule has 0 spiro atoms. The summed E-state index contributed by atoms with van der Waals surface area (Å²) < 4.78 is 47.8. The molecule has 0 saturated heterocycles. The minimum atomic E-state index is -4.69. The topological polar surface area (TPSA) is 18.5 Å². The second-order valence-electron chi connectivity index (χ2n) is 6.04. The molecule has 2 nitrogen and oxygen atoms in total. The van der Waals surface area contributed by atoms with E-state index in [9.17, 15) is 13.2 Å². The van der Waals surface area contributed by atoms with Gasteiger partial charge in [-0.15, -0.1) is 13.2 Å². The second-order valence-corrected chi connectivity index (χ2v) is 6.04. The molecular formula is C16H19F3O2. The lowest BCUT2D eigenvalue weighted by Gasteiger charge is -2.29. The van der Waals surface area contributed by atoms with Crippen molar-refractivity contribution in [3.63, 3.8) is 0 Å². The number of hydrogen-bond donors (Lipinski definition) is 0. The number of benzene rings is 1. The molecule has 0 amide bonds. The Balaban J connectivity index is 1.87. The van der Waals surface area contributed by atoms with Crippen LogP contribution in [0.1, 0.15) is 49.1 Å². The minimum Gasteiger partial charge on any atom is -0.489 e. The highest BCUT2D eigenvalue weighted by molar-refractivity contribution is 5.51. The lowest BCUT2D eigenvalue weighted by Crippen LogP contribution is -2.20. The van der Waals surface area contributed by atoms with Gasteiger partial charge in [-0.25, -0.2) is 0 Å². The van der Waals surface area contributed by atoms with E-state index in [-0.39, 0.29) is 11.5 Å². The first kappa shape index (κ1) is 14.5. The third kappa shape index (κ3) is 3.44. The molecule has 0 bridgehead atoms. The molecule has 21 heavy (non-hydrogen) atoms. The van der Waals surface area contributed by atoms with Crippen molar-refractivity contribution in [1.82, 2.24) is 0 Å². The zero-order chi connectivity index (χ0) is 15.0. The maximum Gasteiger partial charge on any atom is 0.573 e. The van der Waals surface area contributed by atoms with Gasteiger partial charge in [-0.05, 0) is 61.6 Å². The smallest absolute Gasteiger partial charge is 0.489 e. The highest BCUT2D eigenvalue weighted by Crippen LogP contribution is 2.45. The van der Waals surface area contributed by atoms with Gasteiger partial charge in [0.1, 0.15) is 0 Å². The molecular weight excluding hydrogens is 281 g/mol. The molecule has 3 rings (SSSR count). The monoisotopic (exact) mass is 300 g/mol. The Morgan fingerprint density at radius 3 is 2.38 bits per heavy atom. The molecule has 2 saturated carbocycles. The van der Waals surface area contributed by atoms with Gasteiger partial charge in [-0.1, -0.05) is 12.5 Å². The fraction of sp³-hybridized carbons (Fsp3) is 0.625. The molecule has 1 aromatic rings. The van der Waals surface area contributed by atoms with Gasteiger partial charge in [0.2, 0.25) is 0 Å². The van der Waals surface area contributed by atoms with Gasteiger partial charge in [0.25, 0.3) is 0 Å². The Labute approximate surface area is 122 Å². The molecule has 116 valence electrons. The lowest BCUT2D eigenvalue weighted by atomic mass is 9.78. The average Bonchev–Trinajstić information content (AvgIpc) is 3.13. The highest BCUT2D eigenvalue weighted by Gasteiger charge is 2.35. The average molecular weight is 300 g/mol. The van der Waals surface area contributed by atoms with Crippen molar-refractivity contribution in [3.8, 4) is 11.5 Å². The maximum absolute atomic E-state index is 12.7. The van der Waals surface area contributed by atoms with Crippen molar-refractivity contribution >= 4 is 0 Å². The van der Waals surface area contributed by atoms with Gasteiger partial charge in [0.15, 0.2) is 11.5 Å². The van der Waals surface area contributed by atoms with E-state index in [1.54, 1.807) is 13.0 Å². The van der Waals surface area contributed by atoms with Crippen LogP contribution in [0.2, 0.25) is 0 Å².